The second kappa shape index (κ2) is 19.5. The standard InChI is InChI=1S/C44H52N4O7S/c1-28(2)29(3)48(25-24-47(4)38(49)22-23-39(50)51)27-32-8-7-9-34(26-32)41(52)46-43-40(36-10-5-6-11-37(36)56-43)42(53)45-35-20-16-31(17-21-35)13-12-30-14-18-33(19-15-30)44(54)55/h7-9,14-21,26,28-29H,5-6,10-13,22-25,27H2,1-4H3,(H,45,53)(H,46,52)(H,50,51)(H,54,55)/t29-/m0/s1. The Morgan fingerprint density at radius 1 is 0.750 bits per heavy atom. The van der Waals surface area contributed by atoms with Crippen LogP contribution in [0.2, 0.25) is 0 Å². The van der Waals surface area contributed by atoms with Gasteiger partial charge in [0.25, 0.3) is 11.8 Å². The first-order chi connectivity index (χ1) is 26.8. The van der Waals surface area contributed by atoms with Crippen LogP contribution in [-0.4, -0.2) is 75.9 Å². The van der Waals surface area contributed by atoms with Gasteiger partial charge < -0.3 is 25.7 Å². The monoisotopic (exact) mass is 780 g/mol. The summed E-state index contributed by atoms with van der Waals surface area (Å²) in [5, 5.41) is 24.8. The molecule has 0 radical (unpaired) electrons. The smallest absolute Gasteiger partial charge is 0.335 e. The van der Waals surface area contributed by atoms with Crippen LogP contribution in [0.3, 0.4) is 0 Å². The predicted molar refractivity (Wildman–Crippen MR) is 220 cm³/mol. The highest BCUT2D eigenvalue weighted by atomic mass is 32.1. The third kappa shape index (κ3) is 11.4. The number of carboxylic acids is 2. The van der Waals surface area contributed by atoms with E-state index < -0.39 is 11.9 Å². The third-order valence-corrected chi connectivity index (χ3v) is 11.8. The van der Waals surface area contributed by atoms with Crippen molar-refractivity contribution in [2.45, 2.75) is 84.7 Å². The largest absolute Gasteiger partial charge is 0.481 e. The number of hydrogen-bond acceptors (Lipinski definition) is 7. The number of anilines is 2. The lowest BCUT2D eigenvalue weighted by atomic mass is 9.95. The molecule has 0 aliphatic heterocycles. The molecule has 1 heterocycles. The summed E-state index contributed by atoms with van der Waals surface area (Å²) in [6.07, 6.45) is 4.93. The maximum absolute atomic E-state index is 13.9. The van der Waals surface area contributed by atoms with E-state index in [1.54, 1.807) is 30.1 Å². The molecule has 12 heteroatoms. The Morgan fingerprint density at radius 3 is 2.05 bits per heavy atom. The fraction of sp³-hybridized carbons (Fsp3) is 0.386. The highest BCUT2D eigenvalue weighted by Gasteiger charge is 2.27. The SMILES string of the molecule is CC(C)[C@H](C)N(CCN(C)C(=O)CCC(=O)O)Cc1cccc(C(=O)Nc2sc3c(c2C(=O)Nc2ccc(CCc4ccc(C(=O)O)cc4)cc2)CCCC3)c1. The van der Waals surface area contributed by atoms with E-state index in [1.165, 1.54) is 11.3 Å². The molecule has 0 unspecified atom stereocenters. The zero-order valence-corrected chi connectivity index (χ0v) is 33.4. The van der Waals surface area contributed by atoms with E-state index in [0.29, 0.717) is 47.4 Å². The molecule has 0 spiro atoms. The van der Waals surface area contributed by atoms with Crippen LogP contribution in [-0.2, 0) is 41.8 Å². The van der Waals surface area contributed by atoms with Crippen LogP contribution in [0.4, 0.5) is 10.7 Å². The van der Waals surface area contributed by atoms with E-state index in [1.807, 2.05) is 54.6 Å². The number of aryl methyl sites for hydroxylation is 3. The summed E-state index contributed by atoms with van der Waals surface area (Å²) >= 11 is 1.47. The van der Waals surface area contributed by atoms with E-state index in [2.05, 4.69) is 36.3 Å². The van der Waals surface area contributed by atoms with Gasteiger partial charge in [0, 0.05) is 55.3 Å². The summed E-state index contributed by atoms with van der Waals surface area (Å²) in [6.45, 7) is 8.00. The number of rotatable bonds is 18. The topological polar surface area (TPSA) is 156 Å². The van der Waals surface area contributed by atoms with Crippen LogP contribution in [0, 0.1) is 5.92 Å². The minimum atomic E-state index is -0.996. The van der Waals surface area contributed by atoms with Gasteiger partial charge in [-0.15, -0.1) is 11.3 Å². The van der Waals surface area contributed by atoms with Crippen molar-refractivity contribution in [3.8, 4) is 0 Å². The van der Waals surface area contributed by atoms with Crippen molar-refractivity contribution in [2.24, 2.45) is 5.92 Å². The summed E-state index contributed by atoms with van der Waals surface area (Å²) in [7, 11) is 1.69. The normalized spacial score (nSPS) is 12.9. The molecule has 1 atom stereocenters. The summed E-state index contributed by atoms with van der Waals surface area (Å²) in [5.41, 5.74) is 5.98. The number of hydrogen-bond donors (Lipinski definition) is 4. The Labute approximate surface area is 332 Å². The van der Waals surface area contributed by atoms with Gasteiger partial charge in [-0.3, -0.25) is 24.1 Å². The van der Waals surface area contributed by atoms with Crippen LogP contribution in [0.15, 0.2) is 72.8 Å². The zero-order chi connectivity index (χ0) is 40.4. The van der Waals surface area contributed by atoms with Gasteiger partial charge in [-0.05, 0) is 110 Å². The number of nitrogens with zero attached hydrogens (tertiary/aromatic N) is 2. The molecule has 11 nitrogen and oxygen atoms in total. The van der Waals surface area contributed by atoms with Crippen molar-refractivity contribution in [3.05, 3.63) is 117 Å². The van der Waals surface area contributed by atoms with E-state index in [0.717, 1.165) is 65.7 Å². The van der Waals surface area contributed by atoms with Crippen LogP contribution in [0.1, 0.15) is 105 Å². The number of benzene rings is 3. The zero-order valence-electron chi connectivity index (χ0n) is 32.6. The van der Waals surface area contributed by atoms with Crippen LogP contribution in [0.5, 0.6) is 0 Å². The van der Waals surface area contributed by atoms with Crippen molar-refractivity contribution in [2.75, 3.05) is 30.8 Å². The minimum absolute atomic E-state index is 0.0383. The number of aliphatic carboxylic acids is 1. The lowest BCUT2D eigenvalue weighted by molar-refractivity contribution is -0.140. The predicted octanol–water partition coefficient (Wildman–Crippen LogP) is 7.78. The Kier molecular flexibility index (Phi) is 14.6. The number of carbonyl (C=O) groups excluding carboxylic acids is 3. The Bertz CT molecular complexity index is 2020. The first-order valence-electron chi connectivity index (χ1n) is 19.3. The second-order valence-corrected chi connectivity index (χ2v) is 16.0. The summed E-state index contributed by atoms with van der Waals surface area (Å²) in [5.74, 6) is -2.38. The van der Waals surface area contributed by atoms with Gasteiger partial charge in [0.2, 0.25) is 5.91 Å². The van der Waals surface area contributed by atoms with E-state index in [4.69, 9.17) is 10.2 Å². The molecule has 296 valence electrons. The van der Waals surface area contributed by atoms with Crippen LogP contribution in [0.25, 0.3) is 0 Å². The highest BCUT2D eigenvalue weighted by molar-refractivity contribution is 7.17. The maximum Gasteiger partial charge on any atom is 0.335 e. The van der Waals surface area contributed by atoms with Gasteiger partial charge in [-0.25, -0.2) is 4.79 Å². The van der Waals surface area contributed by atoms with Crippen molar-refractivity contribution >= 4 is 51.7 Å². The minimum Gasteiger partial charge on any atom is -0.481 e. The van der Waals surface area contributed by atoms with Crippen molar-refractivity contribution < 1.29 is 34.2 Å². The summed E-state index contributed by atoms with van der Waals surface area (Å²) in [6, 6.07) is 22.2. The second-order valence-electron chi connectivity index (χ2n) is 14.9. The number of carbonyl (C=O) groups is 5. The van der Waals surface area contributed by atoms with E-state index >= 15 is 0 Å². The van der Waals surface area contributed by atoms with Gasteiger partial charge >= 0.3 is 11.9 Å². The fourth-order valence-electron chi connectivity index (χ4n) is 6.82. The molecule has 4 N–H and O–H groups in total. The molecular weight excluding hydrogens is 729 g/mol. The molecule has 3 amide bonds. The molecule has 0 bridgehead atoms. The Hall–Kier alpha value is -5.33. The molecule has 5 rings (SSSR count). The first kappa shape index (κ1) is 41.8. The van der Waals surface area contributed by atoms with Gasteiger partial charge in [0.15, 0.2) is 0 Å². The van der Waals surface area contributed by atoms with Crippen LogP contribution >= 0.6 is 11.3 Å². The summed E-state index contributed by atoms with van der Waals surface area (Å²) < 4.78 is 0. The molecule has 0 fully saturated rings. The number of amides is 3. The van der Waals surface area contributed by atoms with E-state index in [-0.39, 0.29) is 42.2 Å². The molecule has 1 aliphatic carbocycles. The van der Waals surface area contributed by atoms with Gasteiger partial charge in [-0.1, -0.05) is 50.2 Å². The van der Waals surface area contributed by atoms with Gasteiger partial charge in [0.05, 0.1) is 17.5 Å². The lowest BCUT2D eigenvalue weighted by Gasteiger charge is -2.33. The molecule has 1 aliphatic rings. The average molecular weight is 781 g/mol. The van der Waals surface area contributed by atoms with Crippen molar-refractivity contribution in [1.82, 2.24) is 9.80 Å². The molecule has 0 saturated carbocycles. The average Bonchev–Trinajstić information content (AvgIpc) is 3.55. The highest BCUT2D eigenvalue weighted by Crippen LogP contribution is 2.39. The number of fused-ring (bicyclic) bond motifs is 1. The molecule has 3 aromatic carbocycles. The van der Waals surface area contributed by atoms with Gasteiger partial charge in [0.1, 0.15) is 5.00 Å². The molecule has 0 saturated heterocycles. The fourth-order valence-corrected chi connectivity index (χ4v) is 8.10. The number of nitrogens with one attached hydrogen (secondary N) is 2. The van der Waals surface area contributed by atoms with Crippen molar-refractivity contribution in [1.29, 1.82) is 0 Å². The number of aromatic carboxylic acids is 1. The Balaban J connectivity index is 1.25. The Morgan fingerprint density at radius 2 is 1.41 bits per heavy atom. The molecular formula is C44H52N4O7S. The lowest BCUT2D eigenvalue weighted by Crippen LogP contribution is -2.42. The third-order valence-electron chi connectivity index (χ3n) is 10.6. The first-order valence-corrected chi connectivity index (χ1v) is 20.1. The number of likely N-dealkylation sites (N-methyl/N-ethyl adjacent to an activating group) is 1. The van der Waals surface area contributed by atoms with Crippen molar-refractivity contribution in [3.63, 3.8) is 0 Å². The van der Waals surface area contributed by atoms with E-state index in [9.17, 15) is 24.0 Å². The number of carboxylic acid groups (broad SMARTS) is 2. The molecule has 4 aromatic rings. The van der Waals surface area contributed by atoms with Gasteiger partial charge in [-0.2, -0.15) is 0 Å². The molecule has 56 heavy (non-hydrogen) atoms. The summed E-state index contributed by atoms with van der Waals surface area (Å²) in [4.78, 5) is 67.3. The molecule has 1 aromatic heterocycles. The quantitative estimate of drug-likeness (QED) is 0.0798. The maximum atomic E-state index is 13.9. The van der Waals surface area contributed by atoms with Crippen LogP contribution < -0.4 is 10.6 Å². The number of thiophene rings is 1.